The molecular formula is C48H58N8O9. The first-order valence-electron chi connectivity index (χ1n) is 21.6. The van der Waals surface area contributed by atoms with Crippen LogP contribution >= 0.6 is 0 Å². The van der Waals surface area contributed by atoms with Crippen molar-refractivity contribution in [1.82, 2.24) is 31.0 Å². The molecule has 0 saturated heterocycles. The van der Waals surface area contributed by atoms with Gasteiger partial charge in [0.2, 0.25) is 5.91 Å². The topological polar surface area (TPSA) is 246 Å². The Morgan fingerprint density at radius 3 is 2.32 bits per heavy atom. The zero-order valence-electron chi connectivity index (χ0n) is 37.2. The number of para-hydroxylation sites is 1. The molecule has 2 heterocycles. The van der Waals surface area contributed by atoms with Gasteiger partial charge in [-0.1, -0.05) is 24.3 Å². The number of hydrogen-bond acceptors (Lipinski definition) is 12. The van der Waals surface area contributed by atoms with Crippen LogP contribution in [-0.4, -0.2) is 110 Å². The average molecular weight is 891 g/mol. The molecule has 0 radical (unpaired) electrons. The van der Waals surface area contributed by atoms with Gasteiger partial charge in [0.1, 0.15) is 11.3 Å². The second kappa shape index (κ2) is 22.3. The Balaban J connectivity index is 0.937. The van der Waals surface area contributed by atoms with Crippen molar-refractivity contribution in [3.63, 3.8) is 0 Å². The minimum absolute atomic E-state index is 0.0781. The van der Waals surface area contributed by atoms with E-state index in [4.69, 9.17) is 25.0 Å². The quantitative estimate of drug-likeness (QED) is 0.0175. The molecule has 0 bridgehead atoms. The summed E-state index contributed by atoms with van der Waals surface area (Å²) >= 11 is 0. The van der Waals surface area contributed by atoms with Gasteiger partial charge in [0.15, 0.2) is 0 Å². The minimum atomic E-state index is -1.22. The van der Waals surface area contributed by atoms with Crippen molar-refractivity contribution in [2.75, 3.05) is 65.9 Å². The van der Waals surface area contributed by atoms with Crippen molar-refractivity contribution in [3.8, 4) is 22.5 Å². The Morgan fingerprint density at radius 2 is 1.60 bits per heavy atom. The lowest BCUT2D eigenvalue weighted by atomic mass is 9.88. The molecule has 1 aliphatic heterocycles. The second-order valence-corrected chi connectivity index (χ2v) is 15.8. The number of hydrazine groups is 1. The van der Waals surface area contributed by atoms with Crippen molar-refractivity contribution < 1.29 is 43.3 Å². The molecular weight excluding hydrogens is 833 g/mol. The van der Waals surface area contributed by atoms with Crippen LogP contribution in [0.1, 0.15) is 56.8 Å². The molecule has 1 unspecified atom stereocenters. The maximum atomic E-state index is 13.2. The first-order valence-corrected chi connectivity index (χ1v) is 21.6. The van der Waals surface area contributed by atoms with E-state index in [-0.39, 0.29) is 74.7 Å². The zero-order chi connectivity index (χ0) is 46.6. The predicted octanol–water partition coefficient (Wildman–Crippen LogP) is 4.89. The number of rotatable bonds is 24. The van der Waals surface area contributed by atoms with Crippen LogP contribution in [0.5, 0.6) is 0 Å². The molecule has 3 aromatic carbocycles. The summed E-state index contributed by atoms with van der Waals surface area (Å²) in [6, 6.07) is 21.1. The van der Waals surface area contributed by atoms with Crippen LogP contribution in [0.3, 0.4) is 0 Å². The van der Waals surface area contributed by atoms with Crippen molar-refractivity contribution in [3.05, 3.63) is 106 Å². The number of ether oxygens (including phenoxy) is 2. The van der Waals surface area contributed by atoms with E-state index in [0.29, 0.717) is 63.3 Å². The SMILES string of the molecule is CNN(C)Cc1cc2ccccc2n1CCCNC(CCC(=O)O)C(=O)NCCOCCOCCNC(=O)c1ccc(-c2c3ccc(=N)c(C)c-3oc3c(C)c(N)ccc23)c(C(=O)O)c1. The highest BCUT2D eigenvalue weighted by molar-refractivity contribution is 6.10. The van der Waals surface area contributed by atoms with E-state index in [0.717, 1.165) is 29.6 Å². The molecule has 17 nitrogen and oxygen atoms in total. The van der Waals surface area contributed by atoms with Crippen LogP contribution in [0.15, 0.2) is 77.2 Å². The number of anilines is 1. The number of aromatic carboxylic acids is 1. The lowest BCUT2D eigenvalue weighted by Gasteiger charge is -2.20. The monoisotopic (exact) mass is 890 g/mol. The van der Waals surface area contributed by atoms with Crippen LogP contribution in [-0.2, 0) is 32.2 Å². The zero-order valence-corrected chi connectivity index (χ0v) is 37.2. The summed E-state index contributed by atoms with van der Waals surface area (Å²) in [5, 5.41) is 40.9. The predicted molar refractivity (Wildman–Crippen MR) is 248 cm³/mol. The number of nitrogen functional groups attached to an aromatic ring is 1. The van der Waals surface area contributed by atoms with Crippen molar-refractivity contribution in [1.29, 1.82) is 5.41 Å². The number of fused-ring (bicyclic) bond motifs is 3. The lowest BCUT2D eigenvalue weighted by molar-refractivity contribution is -0.137. The second-order valence-electron chi connectivity index (χ2n) is 15.8. The number of aliphatic carboxylic acids is 1. The summed E-state index contributed by atoms with van der Waals surface area (Å²) in [5.41, 5.74) is 15.6. The Labute approximate surface area is 376 Å². The van der Waals surface area contributed by atoms with Crippen LogP contribution in [0, 0.1) is 19.3 Å². The molecule has 0 spiro atoms. The first kappa shape index (κ1) is 47.8. The number of carbonyl (C=O) groups excluding carboxylic acids is 2. The average Bonchev–Trinajstić information content (AvgIpc) is 3.64. The van der Waals surface area contributed by atoms with Crippen molar-refractivity contribution >= 4 is 51.3 Å². The van der Waals surface area contributed by atoms with Gasteiger partial charge in [0.05, 0.1) is 49.9 Å². The van der Waals surface area contributed by atoms with Crippen LogP contribution < -0.4 is 32.5 Å². The Morgan fingerprint density at radius 1 is 0.877 bits per heavy atom. The molecule has 6 rings (SSSR count). The third-order valence-corrected chi connectivity index (χ3v) is 11.4. The van der Waals surface area contributed by atoms with E-state index in [9.17, 15) is 29.4 Å². The Kier molecular flexibility index (Phi) is 16.4. The number of benzene rings is 4. The standard InChI is InChI=1S/C48H58N8O9/c1-29-38(49)14-12-35-43(36-13-15-39(50)30(2)45(36)65-44(29)35)34-11-10-32(27-37(34)48(61)62)46(59)53-19-22-63-24-25-64-23-20-54-47(60)40(16-17-42(57)58)52-18-7-21-56-33(28-55(4)51-3)26-31-8-5-6-9-41(31)56/h5-6,8-15,26-27,40,49,51-52H,7,16-25,28,50H2,1-4H3,(H,53,59)(H,54,60)(H,57,58)(H,61,62). The number of nitrogens with two attached hydrogens (primary N) is 1. The fourth-order valence-electron chi connectivity index (χ4n) is 7.80. The summed E-state index contributed by atoms with van der Waals surface area (Å²) in [4.78, 5) is 50.2. The third kappa shape index (κ3) is 11.7. The molecule has 9 N–H and O–H groups in total. The maximum absolute atomic E-state index is 13.2. The molecule has 1 atom stereocenters. The molecule has 65 heavy (non-hydrogen) atoms. The van der Waals surface area contributed by atoms with Crippen molar-refractivity contribution in [2.24, 2.45) is 0 Å². The van der Waals surface area contributed by atoms with Gasteiger partial charge in [0, 0.05) is 83.2 Å². The molecule has 2 aliphatic rings. The molecule has 17 heteroatoms. The van der Waals surface area contributed by atoms with Crippen molar-refractivity contribution in [2.45, 2.75) is 52.2 Å². The van der Waals surface area contributed by atoms with Gasteiger partial charge in [-0.15, -0.1) is 0 Å². The molecule has 0 fully saturated rings. The summed E-state index contributed by atoms with van der Waals surface area (Å²) in [6.07, 6.45) is 0.723. The normalized spacial score (nSPS) is 12.0. The molecule has 1 aromatic heterocycles. The first-order chi connectivity index (χ1) is 31.3. The molecule has 1 aliphatic carbocycles. The fourth-order valence-corrected chi connectivity index (χ4v) is 7.80. The number of amides is 2. The van der Waals surface area contributed by atoms with E-state index in [1.807, 2.05) is 38.2 Å². The van der Waals surface area contributed by atoms with Gasteiger partial charge in [-0.25, -0.2) is 9.80 Å². The van der Waals surface area contributed by atoms with E-state index >= 15 is 0 Å². The van der Waals surface area contributed by atoms with Gasteiger partial charge >= 0.3 is 11.9 Å². The molecule has 0 saturated carbocycles. The Hall–Kier alpha value is -6.63. The number of carboxylic acids is 2. The van der Waals surface area contributed by atoms with Gasteiger partial charge in [-0.05, 0) is 99.8 Å². The lowest BCUT2D eigenvalue weighted by Crippen LogP contribution is -2.45. The van der Waals surface area contributed by atoms with Gasteiger partial charge < -0.3 is 55.8 Å². The summed E-state index contributed by atoms with van der Waals surface area (Å²) < 4.78 is 19.8. The summed E-state index contributed by atoms with van der Waals surface area (Å²) in [7, 11) is 3.85. The number of aromatic nitrogens is 1. The number of carbonyl (C=O) groups is 4. The highest BCUT2D eigenvalue weighted by atomic mass is 16.5. The van der Waals surface area contributed by atoms with Gasteiger partial charge in [0.25, 0.3) is 5.91 Å². The van der Waals surface area contributed by atoms with Gasteiger partial charge in [-0.2, -0.15) is 0 Å². The summed E-state index contributed by atoms with van der Waals surface area (Å²) in [6.45, 7) is 6.77. The molecule has 4 aromatic rings. The number of nitrogens with zero attached hydrogens (tertiary/aromatic N) is 2. The number of hydrogen-bond donors (Lipinski definition) is 8. The van der Waals surface area contributed by atoms with E-state index in [2.05, 4.69) is 44.1 Å². The van der Waals surface area contributed by atoms with E-state index in [1.54, 1.807) is 43.3 Å². The minimum Gasteiger partial charge on any atom is -0.481 e. The number of aryl methyl sites for hydroxylation is 2. The highest BCUT2D eigenvalue weighted by Gasteiger charge is 2.25. The highest BCUT2D eigenvalue weighted by Crippen LogP contribution is 2.44. The van der Waals surface area contributed by atoms with Crippen LogP contribution in [0.2, 0.25) is 0 Å². The number of nitrogens with one attached hydrogen (secondary N) is 5. The molecule has 2 amide bonds. The number of carboxylic acid groups (broad SMARTS) is 2. The summed E-state index contributed by atoms with van der Waals surface area (Å²) in [5.74, 6) is -2.52. The molecule has 344 valence electrons. The third-order valence-electron chi connectivity index (χ3n) is 11.4. The van der Waals surface area contributed by atoms with Gasteiger partial charge in [-0.3, -0.25) is 19.8 Å². The fraction of sp³-hybridized carbons (Fsp3) is 0.354. The largest absolute Gasteiger partial charge is 0.481 e. The van der Waals surface area contributed by atoms with E-state index in [1.165, 1.54) is 6.07 Å². The van der Waals surface area contributed by atoms with Crippen LogP contribution in [0.25, 0.3) is 44.3 Å². The Bertz CT molecular complexity index is 2690. The maximum Gasteiger partial charge on any atom is 0.336 e. The van der Waals surface area contributed by atoms with E-state index < -0.39 is 23.9 Å². The smallest absolute Gasteiger partial charge is 0.336 e. The van der Waals surface area contributed by atoms with Crippen LogP contribution in [0.4, 0.5) is 5.69 Å².